The van der Waals surface area contributed by atoms with Gasteiger partial charge in [-0.2, -0.15) is 0 Å². The Bertz CT molecular complexity index is 2650. The van der Waals surface area contributed by atoms with Crippen LogP contribution in [0, 0.1) is 0 Å². The average Bonchev–Trinajstić information content (AvgIpc) is 3.51. The van der Waals surface area contributed by atoms with Crippen LogP contribution >= 0.6 is 0 Å². The summed E-state index contributed by atoms with van der Waals surface area (Å²) < 4.78 is 20.5. The van der Waals surface area contributed by atoms with E-state index < -0.39 is 0 Å². The molecule has 1 heterocycles. The van der Waals surface area contributed by atoms with Crippen molar-refractivity contribution in [2.75, 3.05) is 4.90 Å². The number of para-hydroxylation sites is 2. The molecule has 2 heteroatoms. The largest absolute Gasteiger partial charge is 0.310 e. The maximum absolute atomic E-state index is 9.15. The van der Waals surface area contributed by atoms with Gasteiger partial charge in [-0.25, -0.2) is 0 Å². The second-order valence-corrected chi connectivity index (χ2v) is 12.1. The lowest BCUT2D eigenvalue weighted by Crippen LogP contribution is -2.09. The highest BCUT2D eigenvalue weighted by atomic mass is 15.1. The quantitative estimate of drug-likeness (QED) is 0.169. The number of fused-ring (bicyclic) bond motifs is 5. The van der Waals surface area contributed by atoms with Gasteiger partial charge in [0.15, 0.2) is 0 Å². The van der Waals surface area contributed by atoms with Gasteiger partial charge in [0.25, 0.3) is 0 Å². The van der Waals surface area contributed by atoms with Crippen molar-refractivity contribution in [3.05, 3.63) is 193 Å². The number of aromatic nitrogens is 1. The average molecular weight is 615 g/mol. The molecule has 0 spiro atoms. The third-order valence-electron chi connectivity index (χ3n) is 9.15. The predicted molar refractivity (Wildman–Crippen MR) is 206 cm³/mol. The fourth-order valence-corrected chi connectivity index (χ4v) is 6.82. The van der Waals surface area contributed by atoms with Crippen LogP contribution in [0.4, 0.5) is 17.1 Å². The number of rotatable bonds is 6. The Hall–Kier alpha value is -6.38. The molecule has 0 saturated heterocycles. The molecule has 226 valence electrons. The summed E-state index contributed by atoms with van der Waals surface area (Å²) in [5.74, 6) is 0. The molecule has 0 amide bonds. The third-order valence-corrected chi connectivity index (χ3v) is 9.15. The lowest BCUT2D eigenvalue weighted by molar-refractivity contribution is 1.18. The zero-order valence-corrected chi connectivity index (χ0v) is 26.2. The van der Waals surface area contributed by atoms with Gasteiger partial charge in [-0.05, 0) is 99.4 Å². The van der Waals surface area contributed by atoms with Crippen LogP contribution in [0.25, 0.3) is 61.1 Å². The maximum atomic E-state index is 9.15. The standard InChI is InChI=1S/C46H32N2/c1-2-14-39(15-3-1)48-45-17-9-8-16-43(45)44-30-34(22-29-46(44)48)19-18-33-20-25-40(26-21-33)47(41-27-23-35-10-4-6-12-37(35)31-41)42-28-24-36-11-5-7-13-38(36)32-42/h1-32H/b19-18+/i18D,19D. The summed E-state index contributed by atoms with van der Waals surface area (Å²) in [5, 5.41) is 6.92. The highest BCUT2D eigenvalue weighted by Gasteiger charge is 2.14. The summed E-state index contributed by atoms with van der Waals surface area (Å²) in [5.41, 5.74) is 7.79. The van der Waals surface area contributed by atoms with Gasteiger partial charge < -0.3 is 9.47 Å². The van der Waals surface area contributed by atoms with Crippen molar-refractivity contribution in [1.29, 1.82) is 0 Å². The van der Waals surface area contributed by atoms with Crippen LogP contribution in [0.1, 0.15) is 13.9 Å². The van der Waals surface area contributed by atoms with Crippen LogP contribution in [0.3, 0.4) is 0 Å². The van der Waals surface area contributed by atoms with Crippen molar-refractivity contribution < 1.29 is 2.74 Å². The summed E-state index contributed by atoms with van der Waals surface area (Å²) >= 11 is 0. The van der Waals surface area contributed by atoms with E-state index in [1.54, 1.807) is 0 Å². The second kappa shape index (κ2) is 11.8. The normalized spacial score (nSPS) is 12.7. The number of benzene rings is 8. The van der Waals surface area contributed by atoms with Crippen molar-refractivity contribution in [3.63, 3.8) is 0 Å². The van der Waals surface area contributed by atoms with E-state index in [9.17, 15) is 0 Å². The van der Waals surface area contributed by atoms with E-state index in [1.165, 1.54) is 21.5 Å². The fraction of sp³-hybridized carbons (Fsp3) is 0. The molecule has 0 aliphatic rings. The van der Waals surface area contributed by atoms with Gasteiger partial charge in [-0.15, -0.1) is 0 Å². The molecule has 0 aliphatic heterocycles. The molecule has 2 nitrogen and oxygen atoms in total. The molecule has 48 heavy (non-hydrogen) atoms. The fourth-order valence-electron chi connectivity index (χ4n) is 6.82. The summed E-state index contributed by atoms with van der Waals surface area (Å²) in [4.78, 5) is 2.26. The van der Waals surface area contributed by atoms with Gasteiger partial charge in [0, 0.05) is 33.5 Å². The van der Waals surface area contributed by atoms with E-state index in [1.807, 2.05) is 24.3 Å². The van der Waals surface area contributed by atoms with Crippen LogP contribution in [0.2, 0.25) is 0 Å². The monoisotopic (exact) mass is 614 g/mol. The van der Waals surface area contributed by atoms with E-state index in [-0.39, 0.29) is 12.1 Å². The molecule has 1 aromatic heterocycles. The molecule has 0 radical (unpaired) electrons. The van der Waals surface area contributed by atoms with Crippen LogP contribution in [0.15, 0.2) is 182 Å². The zero-order chi connectivity index (χ0) is 33.6. The first-order chi connectivity index (χ1) is 24.6. The highest BCUT2D eigenvalue weighted by molar-refractivity contribution is 6.10. The van der Waals surface area contributed by atoms with Crippen LogP contribution < -0.4 is 4.90 Å². The number of nitrogens with zero attached hydrogens (tertiary/aromatic N) is 2. The lowest BCUT2D eigenvalue weighted by atomic mass is 10.1. The first-order valence-corrected chi connectivity index (χ1v) is 16.3. The molecular formula is C46H32N2. The van der Waals surface area contributed by atoms with Crippen molar-refractivity contribution in [1.82, 2.24) is 4.57 Å². The van der Waals surface area contributed by atoms with E-state index in [2.05, 4.69) is 167 Å². The Kier molecular flexibility index (Phi) is 6.32. The molecule has 0 N–H and O–H groups in total. The Morgan fingerprint density at radius 1 is 0.396 bits per heavy atom. The Balaban J connectivity index is 1.12. The minimum Gasteiger partial charge on any atom is -0.310 e. The minimum atomic E-state index is 0.186. The Morgan fingerprint density at radius 3 is 1.60 bits per heavy atom. The molecule has 0 bridgehead atoms. The van der Waals surface area contributed by atoms with E-state index in [0.717, 1.165) is 50.1 Å². The number of hydrogen-bond donors (Lipinski definition) is 0. The molecule has 9 rings (SSSR count). The topological polar surface area (TPSA) is 8.17 Å². The van der Waals surface area contributed by atoms with Crippen molar-refractivity contribution in [3.8, 4) is 5.69 Å². The number of anilines is 3. The second-order valence-electron chi connectivity index (χ2n) is 12.1. The Labute approximate surface area is 282 Å². The highest BCUT2D eigenvalue weighted by Crippen LogP contribution is 2.38. The maximum Gasteiger partial charge on any atom is 0.0629 e. The molecule has 9 aromatic rings. The van der Waals surface area contributed by atoms with Crippen molar-refractivity contribution in [2.24, 2.45) is 0 Å². The van der Waals surface area contributed by atoms with Crippen molar-refractivity contribution in [2.45, 2.75) is 0 Å². The summed E-state index contributed by atoms with van der Waals surface area (Å²) in [7, 11) is 0. The summed E-state index contributed by atoms with van der Waals surface area (Å²) in [6, 6.07) is 63.2. The molecule has 0 atom stereocenters. The molecule has 0 aliphatic carbocycles. The van der Waals surface area contributed by atoms with E-state index in [4.69, 9.17) is 2.74 Å². The molecule has 0 unspecified atom stereocenters. The van der Waals surface area contributed by atoms with Crippen molar-refractivity contribution >= 4 is 72.5 Å². The smallest absolute Gasteiger partial charge is 0.0629 e. The summed E-state index contributed by atoms with van der Waals surface area (Å²) in [6.45, 7) is 0. The zero-order valence-electron chi connectivity index (χ0n) is 28.2. The van der Waals surface area contributed by atoms with Gasteiger partial charge in [-0.1, -0.05) is 127 Å². The third kappa shape index (κ3) is 5.01. The SMILES string of the molecule is [2H]/C(=C(/[2H])c1ccc2c(c1)c1ccccc1n2-c1ccccc1)c1ccc(N(c2ccc3ccccc3c2)c2ccc3ccccc3c2)cc1. The predicted octanol–water partition coefficient (Wildman–Crippen LogP) is 12.7. The van der Waals surface area contributed by atoms with Gasteiger partial charge in [-0.3, -0.25) is 0 Å². The van der Waals surface area contributed by atoms with Crippen LogP contribution in [-0.2, 0) is 0 Å². The summed E-state index contributed by atoms with van der Waals surface area (Å²) in [6.07, 6.45) is 0. The first-order valence-electron chi connectivity index (χ1n) is 17.3. The van der Waals surface area contributed by atoms with E-state index >= 15 is 0 Å². The van der Waals surface area contributed by atoms with Gasteiger partial charge >= 0.3 is 0 Å². The molecular weight excluding hydrogens is 581 g/mol. The van der Waals surface area contributed by atoms with E-state index in [0.29, 0.717) is 5.56 Å². The van der Waals surface area contributed by atoms with Gasteiger partial charge in [0.1, 0.15) is 0 Å². The lowest BCUT2D eigenvalue weighted by Gasteiger charge is -2.26. The Morgan fingerprint density at radius 2 is 0.917 bits per heavy atom. The van der Waals surface area contributed by atoms with Crippen LogP contribution in [-0.4, -0.2) is 4.57 Å². The van der Waals surface area contributed by atoms with Gasteiger partial charge in [0.2, 0.25) is 0 Å². The van der Waals surface area contributed by atoms with Gasteiger partial charge in [0.05, 0.1) is 13.8 Å². The molecule has 0 saturated carbocycles. The first kappa shape index (κ1) is 25.8. The van der Waals surface area contributed by atoms with Crippen LogP contribution in [0.5, 0.6) is 0 Å². The molecule has 8 aromatic carbocycles. The molecule has 0 fully saturated rings. The number of hydrogen-bond acceptors (Lipinski definition) is 1. The minimum absolute atomic E-state index is 0.186.